The van der Waals surface area contributed by atoms with Gasteiger partial charge in [0.1, 0.15) is 0 Å². The van der Waals surface area contributed by atoms with E-state index in [9.17, 15) is 0 Å². The highest BCUT2D eigenvalue weighted by molar-refractivity contribution is 7.99. The van der Waals surface area contributed by atoms with Crippen molar-refractivity contribution in [2.75, 3.05) is 26.2 Å². The molecule has 2 aliphatic rings. The summed E-state index contributed by atoms with van der Waals surface area (Å²) in [4.78, 5) is 5.33. The summed E-state index contributed by atoms with van der Waals surface area (Å²) in [6.07, 6.45) is 4.13. The highest BCUT2D eigenvalue weighted by atomic mass is 35.5. The first-order chi connectivity index (χ1) is 12.3. The van der Waals surface area contributed by atoms with Crippen LogP contribution < -0.4 is 5.32 Å². The zero-order chi connectivity index (χ0) is 17.1. The molecule has 4 rings (SSSR count). The summed E-state index contributed by atoms with van der Waals surface area (Å²) in [7, 11) is 0. The van der Waals surface area contributed by atoms with Crippen molar-refractivity contribution >= 4 is 23.4 Å². The van der Waals surface area contributed by atoms with E-state index in [1.807, 2.05) is 23.9 Å². The van der Waals surface area contributed by atoms with Crippen molar-refractivity contribution in [1.82, 2.24) is 10.2 Å². The molecule has 1 heterocycles. The summed E-state index contributed by atoms with van der Waals surface area (Å²) in [6, 6.07) is 17.7. The Bertz CT molecular complexity index is 693. The lowest BCUT2D eigenvalue weighted by atomic mass is 9.98. The van der Waals surface area contributed by atoms with Crippen LogP contribution in [0.3, 0.4) is 0 Å². The van der Waals surface area contributed by atoms with Gasteiger partial charge >= 0.3 is 0 Å². The average Bonchev–Trinajstić information content (AvgIpc) is 3.47. The maximum Gasteiger partial charge on any atom is 0.0406 e. The number of rotatable bonds is 6. The van der Waals surface area contributed by atoms with Crippen molar-refractivity contribution in [1.29, 1.82) is 0 Å². The largest absolute Gasteiger partial charge is 0.314 e. The summed E-state index contributed by atoms with van der Waals surface area (Å²) >= 11 is 7.90. The van der Waals surface area contributed by atoms with E-state index >= 15 is 0 Å². The third-order valence-electron chi connectivity index (χ3n) is 5.17. The maximum atomic E-state index is 6.04. The first-order valence-corrected chi connectivity index (χ1v) is 10.5. The van der Waals surface area contributed by atoms with Crippen molar-refractivity contribution in [3.8, 4) is 0 Å². The van der Waals surface area contributed by atoms with Crippen molar-refractivity contribution in [3.63, 3.8) is 0 Å². The number of hydrogen-bond donors (Lipinski definition) is 1. The van der Waals surface area contributed by atoms with Crippen molar-refractivity contribution in [2.24, 2.45) is 5.92 Å². The molecule has 1 saturated carbocycles. The Hall–Kier alpha value is -1.00. The van der Waals surface area contributed by atoms with E-state index in [0.717, 1.165) is 37.1 Å². The molecular formula is C21H25ClN2S. The second-order valence-corrected chi connectivity index (χ2v) is 8.63. The molecule has 1 aliphatic heterocycles. The number of hydrogen-bond acceptors (Lipinski definition) is 3. The van der Waals surface area contributed by atoms with E-state index in [-0.39, 0.29) is 0 Å². The molecule has 1 atom stereocenters. The lowest BCUT2D eigenvalue weighted by Crippen LogP contribution is -2.45. The molecule has 0 amide bonds. The van der Waals surface area contributed by atoms with Gasteiger partial charge in [0.05, 0.1) is 0 Å². The minimum absolute atomic E-state index is 0.547. The van der Waals surface area contributed by atoms with Gasteiger partial charge in [0, 0.05) is 47.0 Å². The third-order valence-corrected chi connectivity index (χ3v) is 6.52. The molecule has 4 heteroatoms. The molecule has 2 aromatic carbocycles. The van der Waals surface area contributed by atoms with Crippen LogP contribution >= 0.6 is 23.4 Å². The van der Waals surface area contributed by atoms with Crippen LogP contribution in [0.1, 0.15) is 30.9 Å². The Morgan fingerprint density at radius 3 is 2.48 bits per heavy atom. The average molecular weight is 373 g/mol. The zero-order valence-electron chi connectivity index (χ0n) is 14.5. The van der Waals surface area contributed by atoms with Gasteiger partial charge in [-0.2, -0.15) is 0 Å². The van der Waals surface area contributed by atoms with E-state index in [1.165, 1.54) is 34.6 Å². The molecule has 0 radical (unpaired) electrons. The second-order valence-electron chi connectivity index (χ2n) is 7.07. The van der Waals surface area contributed by atoms with Crippen molar-refractivity contribution < 1.29 is 0 Å². The van der Waals surface area contributed by atoms with Crippen LogP contribution in [0.4, 0.5) is 0 Å². The molecule has 25 heavy (non-hydrogen) atoms. The van der Waals surface area contributed by atoms with Gasteiger partial charge in [-0.3, -0.25) is 4.90 Å². The normalized spacial score (nSPS) is 19.7. The Labute approximate surface area is 159 Å². The SMILES string of the molecule is Clc1ccc(Sc2ccccc2[C@@H](CC2CC2)N2CCNCC2)cc1. The summed E-state index contributed by atoms with van der Waals surface area (Å²) in [5.74, 6) is 0.925. The lowest BCUT2D eigenvalue weighted by molar-refractivity contribution is 0.158. The van der Waals surface area contributed by atoms with Crippen LogP contribution in [0.25, 0.3) is 0 Å². The molecule has 132 valence electrons. The molecule has 1 saturated heterocycles. The quantitative estimate of drug-likeness (QED) is 0.746. The summed E-state index contributed by atoms with van der Waals surface area (Å²) < 4.78 is 0. The van der Waals surface area contributed by atoms with Gasteiger partial charge < -0.3 is 5.32 Å². The van der Waals surface area contributed by atoms with Crippen LogP contribution in [-0.4, -0.2) is 31.1 Å². The summed E-state index contributed by atoms with van der Waals surface area (Å²) in [6.45, 7) is 4.51. The van der Waals surface area contributed by atoms with Gasteiger partial charge in [0.15, 0.2) is 0 Å². The summed E-state index contributed by atoms with van der Waals surface area (Å²) in [5.41, 5.74) is 1.50. The number of halogens is 1. The molecule has 2 fully saturated rings. The second kappa shape index (κ2) is 8.13. The first kappa shape index (κ1) is 17.4. The fourth-order valence-corrected chi connectivity index (χ4v) is 4.73. The van der Waals surface area contributed by atoms with E-state index in [4.69, 9.17) is 11.6 Å². The van der Waals surface area contributed by atoms with Gasteiger partial charge in [0.25, 0.3) is 0 Å². The van der Waals surface area contributed by atoms with Crippen LogP contribution in [0.15, 0.2) is 58.3 Å². The standard InChI is InChI=1S/C21H25ClN2S/c22-17-7-9-18(10-8-17)25-21-4-2-1-3-19(21)20(15-16-5-6-16)24-13-11-23-12-14-24/h1-4,7-10,16,20,23H,5-6,11-15H2/t20-/m1/s1. The van der Waals surface area contributed by atoms with Crippen molar-refractivity contribution in [2.45, 2.75) is 35.1 Å². The van der Waals surface area contributed by atoms with Crippen LogP contribution in [0.2, 0.25) is 5.02 Å². The zero-order valence-corrected chi connectivity index (χ0v) is 16.0. The Balaban J connectivity index is 1.60. The molecule has 2 nitrogen and oxygen atoms in total. The van der Waals surface area contributed by atoms with E-state index in [2.05, 4.69) is 46.6 Å². The van der Waals surface area contributed by atoms with Gasteiger partial charge in [-0.1, -0.05) is 54.4 Å². The topological polar surface area (TPSA) is 15.3 Å². The third kappa shape index (κ3) is 4.59. The monoisotopic (exact) mass is 372 g/mol. The molecule has 2 aromatic rings. The smallest absolute Gasteiger partial charge is 0.0406 e. The highest BCUT2D eigenvalue weighted by Crippen LogP contribution is 2.43. The predicted octanol–water partition coefficient (Wildman–Crippen LogP) is 5.24. The number of piperazine rings is 1. The summed E-state index contributed by atoms with van der Waals surface area (Å²) in [5, 5.41) is 4.29. The first-order valence-electron chi connectivity index (χ1n) is 9.27. The molecule has 0 unspecified atom stereocenters. The molecule has 0 spiro atoms. The van der Waals surface area contributed by atoms with Crippen LogP contribution in [-0.2, 0) is 0 Å². The van der Waals surface area contributed by atoms with E-state index in [1.54, 1.807) is 0 Å². The minimum Gasteiger partial charge on any atom is -0.314 e. The lowest BCUT2D eigenvalue weighted by Gasteiger charge is -2.36. The number of nitrogens with zero attached hydrogens (tertiary/aromatic N) is 1. The Morgan fingerprint density at radius 2 is 1.76 bits per heavy atom. The molecule has 0 aromatic heterocycles. The highest BCUT2D eigenvalue weighted by Gasteiger charge is 2.31. The molecular weight excluding hydrogens is 348 g/mol. The fourth-order valence-electron chi connectivity index (χ4n) is 3.61. The van der Waals surface area contributed by atoms with Crippen LogP contribution in [0.5, 0.6) is 0 Å². The van der Waals surface area contributed by atoms with Gasteiger partial charge in [-0.15, -0.1) is 0 Å². The molecule has 0 bridgehead atoms. The molecule has 1 N–H and O–H groups in total. The number of benzene rings is 2. The number of nitrogens with one attached hydrogen (secondary N) is 1. The minimum atomic E-state index is 0.547. The van der Waals surface area contributed by atoms with Gasteiger partial charge in [-0.05, 0) is 48.2 Å². The van der Waals surface area contributed by atoms with E-state index in [0.29, 0.717) is 6.04 Å². The van der Waals surface area contributed by atoms with Gasteiger partial charge in [-0.25, -0.2) is 0 Å². The predicted molar refractivity (Wildman–Crippen MR) is 107 cm³/mol. The van der Waals surface area contributed by atoms with Gasteiger partial charge in [0.2, 0.25) is 0 Å². The Kier molecular flexibility index (Phi) is 5.66. The maximum absolute atomic E-state index is 6.04. The fraction of sp³-hybridized carbons (Fsp3) is 0.429. The van der Waals surface area contributed by atoms with Crippen LogP contribution in [0, 0.1) is 5.92 Å². The Morgan fingerprint density at radius 1 is 1.04 bits per heavy atom. The van der Waals surface area contributed by atoms with E-state index < -0.39 is 0 Å². The van der Waals surface area contributed by atoms with Crippen molar-refractivity contribution in [3.05, 3.63) is 59.1 Å². The molecule has 1 aliphatic carbocycles.